The molecule has 208 valence electrons. The zero-order valence-electron chi connectivity index (χ0n) is 23.0. The lowest BCUT2D eigenvalue weighted by molar-refractivity contribution is -0.122. The number of nitrogens with zero attached hydrogens (tertiary/aromatic N) is 2. The fourth-order valence-electron chi connectivity index (χ4n) is 8.91. The molecule has 8 rings (SSSR count). The van der Waals surface area contributed by atoms with E-state index in [2.05, 4.69) is 69.1 Å². The molecule has 4 N–H and O–H groups in total. The molecule has 1 saturated heterocycles. The second-order valence-electron chi connectivity index (χ2n) is 13.0. The number of anilines is 3. The number of rotatable bonds is 7. The number of benzene rings is 1. The SMILES string of the molecule is NC(=O)C1C2C=CC(C2)C1Nc1nccc2sc(Nc3ccc(C4CCN(C5CC6CCC5C6)CC4)cc3)cc12. The van der Waals surface area contributed by atoms with E-state index in [-0.39, 0.29) is 23.8 Å². The first-order valence-electron chi connectivity index (χ1n) is 15.3. The van der Waals surface area contributed by atoms with Gasteiger partial charge >= 0.3 is 0 Å². The van der Waals surface area contributed by atoms with Crippen molar-refractivity contribution in [3.63, 3.8) is 0 Å². The standard InChI is InChI=1S/C33H39N5OS/c34-32(39)30-23-3-4-24(17-23)31(30)37-33-26-18-29(40-28(26)9-12-35-33)36-25-7-5-20(6-8-25)21-10-13-38(14-11-21)27-16-19-1-2-22(27)15-19/h3-9,12,18-19,21-24,27,30-31,36H,1-2,10-11,13-17H2,(H2,34,39)(H,35,37). The van der Waals surface area contributed by atoms with Crippen LogP contribution in [0.4, 0.5) is 16.5 Å². The molecule has 6 nitrogen and oxygen atoms in total. The van der Waals surface area contributed by atoms with E-state index in [9.17, 15) is 4.79 Å². The van der Waals surface area contributed by atoms with Crippen LogP contribution in [0.2, 0.25) is 0 Å². The fourth-order valence-corrected chi connectivity index (χ4v) is 9.89. The zero-order chi connectivity index (χ0) is 26.8. The number of amides is 1. The zero-order valence-corrected chi connectivity index (χ0v) is 23.8. The monoisotopic (exact) mass is 553 g/mol. The number of hydrogen-bond donors (Lipinski definition) is 3. The van der Waals surface area contributed by atoms with Gasteiger partial charge in [0.1, 0.15) is 5.82 Å². The summed E-state index contributed by atoms with van der Waals surface area (Å²) >= 11 is 1.73. The average molecular weight is 554 g/mol. The predicted octanol–water partition coefficient (Wildman–Crippen LogP) is 6.50. The lowest BCUT2D eigenvalue weighted by atomic mass is 9.86. The molecule has 7 heteroatoms. The number of allylic oxidation sites excluding steroid dienone is 1. The second kappa shape index (κ2) is 9.88. The van der Waals surface area contributed by atoms with Crippen molar-refractivity contribution in [3.8, 4) is 0 Å². The van der Waals surface area contributed by atoms with E-state index in [1.807, 2.05) is 6.20 Å². The van der Waals surface area contributed by atoms with Crippen molar-refractivity contribution in [3.05, 3.63) is 60.3 Å². The van der Waals surface area contributed by atoms with Crippen LogP contribution in [-0.4, -0.2) is 41.0 Å². The van der Waals surface area contributed by atoms with Gasteiger partial charge < -0.3 is 21.3 Å². The van der Waals surface area contributed by atoms with Crippen molar-refractivity contribution in [2.24, 2.45) is 35.3 Å². The van der Waals surface area contributed by atoms with Crippen LogP contribution in [0, 0.1) is 29.6 Å². The number of hydrogen-bond acceptors (Lipinski definition) is 6. The Hall–Kier alpha value is -2.90. The molecule has 3 heterocycles. The van der Waals surface area contributed by atoms with Crippen LogP contribution in [-0.2, 0) is 4.79 Å². The van der Waals surface area contributed by atoms with Crippen LogP contribution < -0.4 is 16.4 Å². The smallest absolute Gasteiger partial charge is 0.223 e. The van der Waals surface area contributed by atoms with Crippen molar-refractivity contribution in [2.45, 2.75) is 62.9 Å². The molecule has 5 aliphatic rings. The number of aromatic nitrogens is 1. The summed E-state index contributed by atoms with van der Waals surface area (Å²) in [5, 5.41) is 9.42. The van der Waals surface area contributed by atoms with E-state index in [0.717, 1.165) is 46.2 Å². The Bertz CT molecular complexity index is 1440. The van der Waals surface area contributed by atoms with Crippen LogP contribution in [0.5, 0.6) is 0 Å². The van der Waals surface area contributed by atoms with Crippen LogP contribution in [0.25, 0.3) is 10.1 Å². The maximum atomic E-state index is 12.2. The van der Waals surface area contributed by atoms with Gasteiger partial charge in [-0.25, -0.2) is 4.98 Å². The molecule has 0 radical (unpaired) electrons. The molecular formula is C33H39N5OS. The summed E-state index contributed by atoms with van der Waals surface area (Å²) < 4.78 is 1.17. The second-order valence-corrected chi connectivity index (χ2v) is 14.1. The van der Waals surface area contributed by atoms with Gasteiger partial charge in [0.2, 0.25) is 5.91 Å². The minimum atomic E-state index is -0.219. The van der Waals surface area contributed by atoms with Gasteiger partial charge in [0.25, 0.3) is 0 Å². The molecule has 3 aromatic rings. The molecule has 2 aromatic heterocycles. The molecule has 1 aliphatic heterocycles. The van der Waals surface area contributed by atoms with E-state index in [0.29, 0.717) is 11.8 Å². The third-order valence-electron chi connectivity index (χ3n) is 10.9. The first-order chi connectivity index (χ1) is 19.6. The van der Waals surface area contributed by atoms with Crippen LogP contribution >= 0.6 is 11.3 Å². The Balaban J connectivity index is 0.926. The fraction of sp³-hybridized carbons (Fsp3) is 0.515. The van der Waals surface area contributed by atoms with Crippen LogP contribution in [0.3, 0.4) is 0 Å². The highest BCUT2D eigenvalue weighted by Gasteiger charge is 2.47. The lowest BCUT2D eigenvalue weighted by Gasteiger charge is -2.39. The summed E-state index contributed by atoms with van der Waals surface area (Å²) in [4.78, 5) is 19.7. The van der Waals surface area contributed by atoms with Crippen molar-refractivity contribution in [2.75, 3.05) is 23.7 Å². The summed E-state index contributed by atoms with van der Waals surface area (Å²) in [5.41, 5.74) is 8.38. The molecule has 3 saturated carbocycles. The summed E-state index contributed by atoms with van der Waals surface area (Å²) in [6, 6.07) is 14.3. The number of nitrogens with one attached hydrogen (secondary N) is 2. The molecular weight excluding hydrogens is 514 g/mol. The van der Waals surface area contributed by atoms with E-state index in [1.54, 1.807) is 11.3 Å². The first kappa shape index (κ1) is 24.9. The van der Waals surface area contributed by atoms with Crippen molar-refractivity contribution in [1.82, 2.24) is 9.88 Å². The molecule has 7 unspecified atom stereocenters. The number of carbonyl (C=O) groups excluding carboxylic acids is 1. The van der Waals surface area contributed by atoms with E-state index >= 15 is 0 Å². The quantitative estimate of drug-likeness (QED) is 0.291. The summed E-state index contributed by atoms with van der Waals surface area (Å²) in [7, 11) is 0. The van der Waals surface area contributed by atoms with Gasteiger partial charge in [-0.1, -0.05) is 30.7 Å². The molecule has 1 amide bonds. The highest BCUT2D eigenvalue weighted by atomic mass is 32.1. The molecule has 40 heavy (non-hydrogen) atoms. The van der Waals surface area contributed by atoms with Gasteiger partial charge in [0.15, 0.2) is 0 Å². The Morgan fingerprint density at radius 3 is 2.55 bits per heavy atom. The van der Waals surface area contributed by atoms with Crippen molar-refractivity contribution < 1.29 is 4.79 Å². The van der Waals surface area contributed by atoms with Crippen molar-refractivity contribution >= 4 is 43.8 Å². The average Bonchev–Trinajstić information content (AvgIpc) is 3.80. The van der Waals surface area contributed by atoms with Gasteiger partial charge in [0, 0.05) is 34.1 Å². The lowest BCUT2D eigenvalue weighted by Crippen LogP contribution is -2.43. The maximum Gasteiger partial charge on any atom is 0.223 e. The van der Waals surface area contributed by atoms with Crippen molar-refractivity contribution in [1.29, 1.82) is 0 Å². The van der Waals surface area contributed by atoms with Crippen LogP contribution in [0.15, 0.2) is 54.7 Å². The number of nitrogens with two attached hydrogens (primary N) is 1. The molecule has 0 spiro atoms. The molecule has 7 atom stereocenters. The van der Waals surface area contributed by atoms with Gasteiger partial charge in [-0.15, -0.1) is 11.3 Å². The third kappa shape index (κ3) is 4.33. The predicted molar refractivity (Wildman–Crippen MR) is 163 cm³/mol. The normalized spacial score (nSPS) is 33.2. The Morgan fingerprint density at radius 1 is 0.975 bits per heavy atom. The van der Waals surface area contributed by atoms with E-state index in [4.69, 9.17) is 5.73 Å². The topological polar surface area (TPSA) is 83.3 Å². The Labute approximate surface area is 240 Å². The van der Waals surface area contributed by atoms with Gasteiger partial charge in [-0.05, 0) is 111 Å². The molecule has 4 bridgehead atoms. The summed E-state index contributed by atoms with van der Waals surface area (Å²) in [5.74, 6) is 3.73. The number of piperidine rings is 1. The third-order valence-corrected chi connectivity index (χ3v) is 11.9. The number of primary amides is 1. The number of likely N-dealkylation sites (tertiary alicyclic amines) is 1. The van der Waals surface area contributed by atoms with E-state index < -0.39 is 0 Å². The Morgan fingerprint density at radius 2 is 1.80 bits per heavy atom. The first-order valence-corrected chi connectivity index (χ1v) is 16.1. The van der Waals surface area contributed by atoms with Gasteiger partial charge in [0.05, 0.1) is 10.9 Å². The minimum Gasteiger partial charge on any atom is -0.369 e. The maximum absolute atomic E-state index is 12.2. The number of pyridine rings is 1. The number of fused-ring (bicyclic) bond motifs is 5. The Kier molecular flexibility index (Phi) is 6.14. The molecule has 1 aromatic carbocycles. The highest BCUT2D eigenvalue weighted by molar-refractivity contribution is 7.22. The minimum absolute atomic E-state index is 0.00890. The molecule has 4 aliphatic carbocycles. The number of thiophene rings is 1. The summed E-state index contributed by atoms with van der Waals surface area (Å²) in [6.07, 6.45) is 15.7. The van der Waals surface area contributed by atoms with E-state index in [1.165, 1.54) is 61.9 Å². The largest absolute Gasteiger partial charge is 0.369 e. The highest BCUT2D eigenvalue weighted by Crippen LogP contribution is 2.48. The van der Waals surface area contributed by atoms with Gasteiger partial charge in [-0.2, -0.15) is 0 Å². The molecule has 4 fully saturated rings. The number of carbonyl (C=O) groups is 1. The van der Waals surface area contributed by atoms with Gasteiger partial charge in [-0.3, -0.25) is 4.79 Å². The van der Waals surface area contributed by atoms with Crippen LogP contribution in [0.1, 0.15) is 56.4 Å². The summed E-state index contributed by atoms with van der Waals surface area (Å²) in [6.45, 7) is 2.53.